The number of aromatic nitrogens is 3. The number of nitrogens with one attached hydrogen (secondary N) is 1. The quantitative estimate of drug-likeness (QED) is 0.287. The van der Waals surface area contributed by atoms with Gasteiger partial charge in [0.1, 0.15) is 11.5 Å². The molecule has 0 aliphatic heterocycles. The van der Waals surface area contributed by atoms with E-state index in [0.29, 0.717) is 51.3 Å². The first-order valence-corrected chi connectivity index (χ1v) is 11.7. The van der Waals surface area contributed by atoms with Crippen LogP contribution in [0.1, 0.15) is 16.1 Å². The molecule has 0 bridgehead atoms. The van der Waals surface area contributed by atoms with E-state index in [1.54, 1.807) is 30.3 Å². The van der Waals surface area contributed by atoms with Crippen LogP contribution in [0.25, 0.3) is 28.2 Å². The maximum absolute atomic E-state index is 13.5. The lowest BCUT2D eigenvalue weighted by Crippen LogP contribution is -2.28. The largest absolute Gasteiger partial charge is 0.350 e. The molecule has 2 heterocycles. The van der Waals surface area contributed by atoms with E-state index in [-0.39, 0.29) is 11.7 Å². The normalized spacial score (nSPS) is 11.1. The predicted molar refractivity (Wildman–Crippen MR) is 136 cm³/mol. The van der Waals surface area contributed by atoms with Crippen LogP contribution >= 0.6 is 23.2 Å². The molecule has 5 aromatic rings. The average Bonchev–Trinajstić information content (AvgIpc) is 3.30. The lowest BCUT2D eigenvalue weighted by molar-refractivity contribution is 0.0946. The van der Waals surface area contributed by atoms with Gasteiger partial charge in [-0.15, -0.1) is 0 Å². The van der Waals surface area contributed by atoms with Gasteiger partial charge >= 0.3 is 0 Å². The molecule has 1 N–H and O–H groups in total. The number of carbonyl (C=O) groups is 1. The van der Waals surface area contributed by atoms with Crippen molar-refractivity contribution in [2.24, 2.45) is 0 Å². The zero-order valence-corrected chi connectivity index (χ0v) is 19.9. The Balaban J connectivity index is 1.49. The van der Waals surface area contributed by atoms with Gasteiger partial charge in [0.15, 0.2) is 5.65 Å². The number of rotatable bonds is 6. The van der Waals surface area contributed by atoms with Gasteiger partial charge in [0.25, 0.3) is 5.91 Å². The van der Waals surface area contributed by atoms with Crippen molar-refractivity contribution >= 4 is 34.8 Å². The molecule has 1 amide bonds. The smallest absolute Gasteiger partial charge is 0.270 e. The highest BCUT2D eigenvalue weighted by atomic mass is 35.5. The summed E-state index contributed by atoms with van der Waals surface area (Å²) in [7, 11) is 0. The summed E-state index contributed by atoms with van der Waals surface area (Å²) in [6.45, 7) is 0.364. The second-order valence-corrected chi connectivity index (χ2v) is 8.78. The predicted octanol–water partition coefficient (Wildman–Crippen LogP) is 6.48. The van der Waals surface area contributed by atoms with Crippen molar-refractivity contribution in [1.29, 1.82) is 0 Å². The number of nitrogens with zero attached hydrogens (tertiary/aromatic N) is 3. The van der Waals surface area contributed by atoms with Crippen molar-refractivity contribution in [2.45, 2.75) is 6.42 Å². The van der Waals surface area contributed by atoms with Gasteiger partial charge in [0.2, 0.25) is 0 Å². The molecule has 0 fully saturated rings. The Morgan fingerprint density at radius 1 is 0.886 bits per heavy atom. The van der Waals surface area contributed by atoms with E-state index in [0.717, 1.165) is 11.1 Å². The zero-order valence-electron chi connectivity index (χ0n) is 18.4. The summed E-state index contributed by atoms with van der Waals surface area (Å²) in [5.41, 5.74) is 4.55. The number of benzene rings is 3. The molecule has 5 rings (SSSR count). The van der Waals surface area contributed by atoms with Gasteiger partial charge in [-0.2, -0.15) is 5.10 Å². The molecule has 0 radical (unpaired) electrons. The highest BCUT2D eigenvalue weighted by Gasteiger charge is 2.17. The van der Waals surface area contributed by atoms with Crippen molar-refractivity contribution in [1.82, 2.24) is 19.9 Å². The minimum Gasteiger partial charge on any atom is -0.350 e. The Morgan fingerprint density at radius 3 is 2.37 bits per heavy atom. The molecular weight excluding hydrogens is 486 g/mol. The van der Waals surface area contributed by atoms with Crippen molar-refractivity contribution in [3.05, 3.63) is 112 Å². The van der Waals surface area contributed by atoms with E-state index in [4.69, 9.17) is 23.2 Å². The van der Waals surface area contributed by atoms with Gasteiger partial charge in [0.05, 0.1) is 11.4 Å². The summed E-state index contributed by atoms with van der Waals surface area (Å²) in [5, 5.41) is 8.69. The van der Waals surface area contributed by atoms with Crippen molar-refractivity contribution < 1.29 is 9.18 Å². The second-order valence-electron chi connectivity index (χ2n) is 7.94. The van der Waals surface area contributed by atoms with Crippen LogP contribution in [0.2, 0.25) is 10.0 Å². The highest BCUT2D eigenvalue weighted by molar-refractivity contribution is 6.35. The molecular formula is C27H19Cl2FN4O. The molecule has 174 valence electrons. The van der Waals surface area contributed by atoms with Gasteiger partial charge < -0.3 is 5.32 Å². The molecule has 0 aliphatic carbocycles. The standard InChI is InChI=1S/C27H19Cl2FN4O/c28-20-9-6-17(22(29)14-20)12-13-31-27(35)25-15-23(19-7-10-21(30)11-8-19)32-26-16-24(33-34(25)26)18-4-2-1-3-5-18/h1-11,14-16H,12-13H2,(H,31,35). The van der Waals surface area contributed by atoms with E-state index >= 15 is 0 Å². The number of hydrogen-bond acceptors (Lipinski definition) is 3. The van der Waals surface area contributed by atoms with Crippen LogP contribution in [0, 0.1) is 5.82 Å². The van der Waals surface area contributed by atoms with Crippen molar-refractivity contribution in [3.63, 3.8) is 0 Å². The van der Waals surface area contributed by atoms with E-state index in [2.05, 4.69) is 15.4 Å². The molecule has 3 aromatic carbocycles. The molecule has 0 aliphatic rings. The maximum atomic E-state index is 13.5. The zero-order chi connectivity index (χ0) is 24.4. The first-order chi connectivity index (χ1) is 17.0. The number of hydrogen-bond donors (Lipinski definition) is 1. The van der Waals surface area contributed by atoms with Crippen LogP contribution in [0.4, 0.5) is 4.39 Å². The highest BCUT2D eigenvalue weighted by Crippen LogP contribution is 2.25. The molecule has 0 saturated heterocycles. The fraction of sp³-hybridized carbons (Fsp3) is 0.0741. The van der Waals surface area contributed by atoms with Crippen LogP contribution in [0.3, 0.4) is 0 Å². The number of carbonyl (C=O) groups excluding carboxylic acids is 1. The van der Waals surface area contributed by atoms with Crippen LogP contribution in [-0.2, 0) is 6.42 Å². The Hall–Kier alpha value is -3.74. The second kappa shape index (κ2) is 9.86. The van der Waals surface area contributed by atoms with Gasteiger partial charge in [0, 0.05) is 33.8 Å². The maximum Gasteiger partial charge on any atom is 0.270 e. The van der Waals surface area contributed by atoms with Gasteiger partial charge in [-0.3, -0.25) is 4.79 Å². The Bertz CT molecular complexity index is 1520. The third-order valence-corrected chi connectivity index (χ3v) is 6.15. The van der Waals surface area contributed by atoms with E-state index in [9.17, 15) is 9.18 Å². The Labute approximate surface area is 211 Å². The minimum atomic E-state index is -0.343. The van der Waals surface area contributed by atoms with Gasteiger partial charge in [-0.1, -0.05) is 59.6 Å². The molecule has 0 unspecified atom stereocenters. The summed E-state index contributed by atoms with van der Waals surface area (Å²) < 4.78 is 15.0. The molecule has 35 heavy (non-hydrogen) atoms. The molecule has 0 spiro atoms. The Morgan fingerprint density at radius 2 is 1.63 bits per heavy atom. The molecule has 0 atom stereocenters. The molecule has 5 nitrogen and oxygen atoms in total. The number of halogens is 3. The van der Waals surface area contributed by atoms with Crippen molar-refractivity contribution in [2.75, 3.05) is 6.54 Å². The SMILES string of the molecule is O=C(NCCc1ccc(Cl)cc1Cl)c1cc(-c2ccc(F)cc2)nc2cc(-c3ccccc3)nn12. The number of amides is 1. The summed E-state index contributed by atoms with van der Waals surface area (Å²) in [6, 6.07) is 24.4. The number of fused-ring (bicyclic) bond motifs is 1. The monoisotopic (exact) mass is 504 g/mol. The summed E-state index contributed by atoms with van der Waals surface area (Å²) >= 11 is 12.2. The van der Waals surface area contributed by atoms with Gasteiger partial charge in [-0.05, 0) is 54.4 Å². The molecule has 0 saturated carbocycles. The van der Waals surface area contributed by atoms with Crippen LogP contribution in [0.15, 0.2) is 84.9 Å². The summed E-state index contributed by atoms with van der Waals surface area (Å²) in [5.74, 6) is -0.655. The third kappa shape index (κ3) is 5.04. The van der Waals surface area contributed by atoms with Crippen molar-refractivity contribution in [3.8, 4) is 22.5 Å². The fourth-order valence-electron chi connectivity index (χ4n) is 3.78. The average molecular weight is 505 g/mol. The topological polar surface area (TPSA) is 59.3 Å². The van der Waals surface area contributed by atoms with E-state index in [1.807, 2.05) is 42.5 Å². The van der Waals surface area contributed by atoms with Crippen LogP contribution in [0.5, 0.6) is 0 Å². The summed E-state index contributed by atoms with van der Waals surface area (Å²) in [6.07, 6.45) is 0.537. The lowest BCUT2D eigenvalue weighted by Gasteiger charge is -2.10. The third-order valence-electron chi connectivity index (χ3n) is 5.56. The Kier molecular flexibility index (Phi) is 6.49. The lowest BCUT2D eigenvalue weighted by atomic mass is 10.1. The summed E-state index contributed by atoms with van der Waals surface area (Å²) in [4.78, 5) is 17.9. The molecule has 2 aromatic heterocycles. The first kappa shape index (κ1) is 23.0. The van der Waals surface area contributed by atoms with Crippen LogP contribution < -0.4 is 5.32 Å². The first-order valence-electron chi connectivity index (χ1n) is 10.9. The van der Waals surface area contributed by atoms with E-state index < -0.39 is 0 Å². The van der Waals surface area contributed by atoms with E-state index in [1.165, 1.54) is 16.6 Å². The fourth-order valence-corrected chi connectivity index (χ4v) is 4.28. The van der Waals surface area contributed by atoms with Gasteiger partial charge in [-0.25, -0.2) is 13.9 Å². The molecule has 8 heteroatoms. The van der Waals surface area contributed by atoms with Crippen LogP contribution in [-0.4, -0.2) is 27.0 Å². The minimum absolute atomic E-state index is 0.312.